The van der Waals surface area contributed by atoms with Crippen LogP contribution in [0.25, 0.3) is 0 Å². The van der Waals surface area contributed by atoms with Crippen LogP contribution in [0.2, 0.25) is 0 Å². The minimum atomic E-state index is -3.19. The molecule has 27 nitrogen and oxygen atoms in total. The number of hydrogen-bond donors (Lipinski definition) is 11. The molecule has 16 atom stereocenters. The first kappa shape index (κ1) is 63.2. The third-order valence-electron chi connectivity index (χ3n) is 12.4. The Hall–Kier alpha value is -5.05. The standard InChI is InChI=1S/C44H64N4O23S3/c1-10-16(2)40(61)68-19(5)44(64)18(4)67-28(11-27(44)65-9)70-34-32(53)36(43(63)12-25(52)30(45)29(35(43)54)39(59)60)69-26(13-66-22(8)51)33(34)71-41(62)31(17(3)73-14-23(37(55)56)46-20(6)49)48-42(72)74-15-24(38(57)58)47-21(7)50/h16-19,23-24,26-28,31-34,36,45,53-54,63-64H,10-15H2,1-9H3,(H,46,49)(H,47,50)(H,48,72)(H,55,56)(H,57,58)(H,59,60)/t16-,17?,18?,19+,23+,24+,26?,27?,28?,31?,32?,33?,34?,36?,43-,44?/m1/s1. The molecule has 1 aliphatic carbocycles. The van der Waals surface area contributed by atoms with E-state index in [2.05, 4.69) is 16.0 Å². The number of hydrogen-bond acceptors (Lipinski definition) is 24. The number of thioether (sulfide) groups is 2. The fourth-order valence-electron chi connectivity index (χ4n) is 8.09. The molecule has 2 saturated heterocycles. The molecule has 0 aromatic rings. The van der Waals surface area contributed by atoms with Crippen molar-refractivity contribution in [3.05, 3.63) is 11.3 Å². The lowest BCUT2D eigenvalue weighted by atomic mass is 9.74. The number of rotatable bonds is 24. The van der Waals surface area contributed by atoms with Crippen LogP contribution in [0.5, 0.6) is 0 Å². The quantitative estimate of drug-likeness (QED) is 0.0305. The largest absolute Gasteiger partial charge is 0.508 e. The number of aliphatic hydroxyl groups excluding tert-OH is 2. The van der Waals surface area contributed by atoms with Gasteiger partial charge in [-0.2, -0.15) is 11.8 Å². The van der Waals surface area contributed by atoms with Gasteiger partial charge < -0.3 is 84.9 Å². The third kappa shape index (κ3) is 15.5. The number of carboxylic acid groups (broad SMARTS) is 3. The third-order valence-corrected chi connectivity index (χ3v) is 15.1. The lowest BCUT2D eigenvalue weighted by Gasteiger charge is -2.52. The summed E-state index contributed by atoms with van der Waals surface area (Å²) in [7, 11) is 1.21. The maximum absolute atomic E-state index is 14.8. The first-order valence-electron chi connectivity index (χ1n) is 22.9. The fourth-order valence-corrected chi connectivity index (χ4v) is 10.3. The maximum atomic E-state index is 14.8. The van der Waals surface area contributed by atoms with Crippen LogP contribution in [0.15, 0.2) is 11.3 Å². The van der Waals surface area contributed by atoms with E-state index in [0.717, 1.165) is 32.5 Å². The second-order valence-corrected chi connectivity index (χ2v) is 20.8. The highest BCUT2D eigenvalue weighted by atomic mass is 32.2. The van der Waals surface area contributed by atoms with Crippen molar-refractivity contribution in [2.45, 2.75) is 164 Å². The van der Waals surface area contributed by atoms with Gasteiger partial charge >= 0.3 is 35.8 Å². The van der Waals surface area contributed by atoms with Crippen molar-refractivity contribution in [3.8, 4) is 0 Å². The van der Waals surface area contributed by atoms with Gasteiger partial charge in [0.2, 0.25) is 11.8 Å². The number of carboxylic acids is 3. The van der Waals surface area contributed by atoms with Crippen LogP contribution >= 0.6 is 35.7 Å². The average molecular weight is 1110 g/mol. The van der Waals surface area contributed by atoms with E-state index in [-0.39, 0.29) is 15.8 Å². The Morgan fingerprint density at radius 2 is 1.49 bits per heavy atom. The number of amides is 2. The average Bonchev–Trinajstić information content (AvgIpc) is 3.30. The SMILES string of the molecule is CC[C@@H](C)C(=O)O[C@@H](C)C1(O)C(C)OC(OC2C(O)C([C@@]3(O)CC(=O)C(=N)C(C(=O)O)=C3O)OC(COC(C)=O)C2OC(=O)C(NC(=S)SC[C@H](NC(C)=O)C(=O)O)C(C)SC[C@H](NC(C)=O)C(=O)O)CC1OC. The summed E-state index contributed by atoms with van der Waals surface area (Å²) >= 11 is 6.91. The van der Waals surface area contributed by atoms with Gasteiger partial charge in [-0.05, 0) is 20.3 Å². The monoisotopic (exact) mass is 1110 g/mol. The molecule has 30 heteroatoms. The molecule has 0 radical (unpaired) electrons. The van der Waals surface area contributed by atoms with E-state index in [1.165, 1.54) is 27.9 Å². The van der Waals surface area contributed by atoms with Gasteiger partial charge in [-0.3, -0.25) is 29.4 Å². The van der Waals surface area contributed by atoms with E-state index in [1.807, 2.05) is 0 Å². The Labute approximate surface area is 437 Å². The number of thiocarbonyl (C=S) groups is 1. The first-order chi connectivity index (χ1) is 34.3. The van der Waals surface area contributed by atoms with Crippen molar-refractivity contribution in [3.63, 3.8) is 0 Å². The van der Waals surface area contributed by atoms with Crippen molar-refractivity contribution in [2.75, 3.05) is 25.2 Å². The summed E-state index contributed by atoms with van der Waals surface area (Å²) in [4.78, 5) is 113. The number of ether oxygens (including phenoxy) is 7. The topological polar surface area (TPSA) is 420 Å². The molecule has 416 valence electrons. The number of nitrogens with one attached hydrogen (secondary N) is 4. The van der Waals surface area contributed by atoms with Gasteiger partial charge in [0.15, 0.2) is 29.4 Å². The Bertz CT molecular complexity index is 2200. The van der Waals surface area contributed by atoms with Crippen LogP contribution in [0.3, 0.4) is 0 Å². The lowest BCUT2D eigenvalue weighted by Crippen LogP contribution is -2.70. The number of esters is 3. The number of methoxy groups -OCH3 is 1. The van der Waals surface area contributed by atoms with E-state index in [4.69, 9.17) is 50.8 Å². The molecule has 2 fully saturated rings. The highest BCUT2D eigenvalue weighted by Crippen LogP contribution is 2.43. The van der Waals surface area contributed by atoms with Crippen LogP contribution in [0.4, 0.5) is 0 Å². The summed E-state index contributed by atoms with van der Waals surface area (Å²) in [5.74, 6) is -13.4. The number of aliphatic hydroxyl groups is 4. The van der Waals surface area contributed by atoms with Gasteiger partial charge in [-0.15, -0.1) is 0 Å². The van der Waals surface area contributed by atoms with Crippen molar-refractivity contribution in [2.24, 2.45) is 5.92 Å². The molecule has 3 aliphatic rings. The number of Topliss-reactive ketones (excluding diaryl/α,β-unsaturated/α-hetero) is 1. The normalized spacial score (nSPS) is 29.5. The summed E-state index contributed by atoms with van der Waals surface area (Å²) in [6.45, 7) is 9.72. The second kappa shape index (κ2) is 27.1. The molecule has 0 saturated carbocycles. The van der Waals surface area contributed by atoms with Gasteiger partial charge in [0.05, 0.1) is 24.5 Å². The van der Waals surface area contributed by atoms with Crippen molar-refractivity contribution >= 4 is 99.2 Å². The first-order valence-corrected chi connectivity index (χ1v) is 25.3. The Morgan fingerprint density at radius 1 is 0.905 bits per heavy atom. The van der Waals surface area contributed by atoms with Crippen LogP contribution in [-0.2, 0) is 76.3 Å². The zero-order valence-electron chi connectivity index (χ0n) is 41.7. The number of aliphatic carboxylic acids is 3. The molecule has 3 rings (SSSR count). The van der Waals surface area contributed by atoms with E-state index in [0.29, 0.717) is 18.2 Å². The van der Waals surface area contributed by atoms with Crippen LogP contribution in [0, 0.1) is 11.3 Å². The lowest BCUT2D eigenvalue weighted by molar-refractivity contribution is -0.345. The van der Waals surface area contributed by atoms with E-state index in [9.17, 15) is 78.9 Å². The molecule has 74 heavy (non-hydrogen) atoms. The van der Waals surface area contributed by atoms with Crippen molar-refractivity contribution in [1.29, 1.82) is 5.41 Å². The minimum Gasteiger partial charge on any atom is -0.508 e. The summed E-state index contributed by atoms with van der Waals surface area (Å²) in [5, 5.41) is 91.3. The van der Waals surface area contributed by atoms with Gasteiger partial charge in [-0.1, -0.05) is 44.8 Å². The Morgan fingerprint density at radius 3 is 2.00 bits per heavy atom. The predicted octanol–water partition coefficient (Wildman–Crippen LogP) is -1.27. The fraction of sp³-hybridized carbons (Fsp3) is 0.705. The molecule has 2 heterocycles. The molecule has 0 bridgehead atoms. The molecule has 2 aliphatic heterocycles. The van der Waals surface area contributed by atoms with Gasteiger partial charge in [0.1, 0.15) is 76.6 Å². The molecule has 11 N–H and O–H groups in total. The smallest absolute Gasteiger partial charge is 0.341 e. The summed E-state index contributed by atoms with van der Waals surface area (Å²) < 4.78 is 40.8. The molecule has 0 aromatic carbocycles. The highest BCUT2D eigenvalue weighted by molar-refractivity contribution is 8.23. The summed E-state index contributed by atoms with van der Waals surface area (Å²) in [6, 6.07) is -4.65. The maximum Gasteiger partial charge on any atom is 0.341 e. The molecule has 2 amide bonds. The summed E-state index contributed by atoms with van der Waals surface area (Å²) in [5.41, 5.74) is -7.85. The predicted molar refractivity (Wildman–Crippen MR) is 260 cm³/mol. The van der Waals surface area contributed by atoms with E-state index in [1.54, 1.807) is 13.8 Å². The van der Waals surface area contributed by atoms with Gasteiger partial charge in [-0.25, -0.2) is 19.2 Å². The number of carbonyl (C=O) groups is 9. The molecule has 0 aromatic heterocycles. The van der Waals surface area contributed by atoms with E-state index >= 15 is 0 Å². The zero-order valence-corrected chi connectivity index (χ0v) is 44.2. The number of ketones is 1. The Balaban J connectivity index is 2.23. The van der Waals surface area contributed by atoms with E-state index < -0.39 is 186 Å². The number of carbonyl (C=O) groups excluding carboxylic acids is 6. The molecule has 0 spiro atoms. The summed E-state index contributed by atoms with van der Waals surface area (Å²) in [6.07, 6.45) is -17.7. The van der Waals surface area contributed by atoms with Crippen molar-refractivity contribution in [1.82, 2.24) is 16.0 Å². The molecular weight excluding hydrogens is 1050 g/mol. The van der Waals surface area contributed by atoms with Crippen molar-refractivity contribution < 1.29 is 112 Å². The molecule has 11 unspecified atom stereocenters. The zero-order chi connectivity index (χ0) is 56.3. The minimum absolute atomic E-state index is 0.269. The van der Waals surface area contributed by atoms with Crippen LogP contribution in [0.1, 0.15) is 74.7 Å². The van der Waals surface area contributed by atoms with Gasteiger partial charge in [0, 0.05) is 51.1 Å². The van der Waals surface area contributed by atoms with Crippen LogP contribution < -0.4 is 16.0 Å². The highest BCUT2D eigenvalue weighted by Gasteiger charge is 2.62. The van der Waals surface area contributed by atoms with Gasteiger partial charge in [0.25, 0.3) is 0 Å². The Kier molecular flexibility index (Phi) is 23.2. The molecular formula is C44H64N4O23S3. The van der Waals surface area contributed by atoms with Crippen LogP contribution in [-0.4, -0.2) is 214 Å². The second-order valence-electron chi connectivity index (χ2n) is 17.7.